The third kappa shape index (κ3) is 7.28. The largest absolute Gasteiger partial charge is 0.481 e. The Morgan fingerprint density at radius 3 is 2.43 bits per heavy atom. The average molecular weight is 300 g/mol. The molecule has 1 saturated carbocycles. The Balaban J connectivity index is 2.28. The fourth-order valence-electron chi connectivity index (χ4n) is 3.16. The molecule has 1 aliphatic carbocycles. The van der Waals surface area contributed by atoms with Gasteiger partial charge in [-0.3, -0.25) is 4.79 Å². The van der Waals surface area contributed by atoms with Gasteiger partial charge in [-0.1, -0.05) is 51.9 Å². The smallest absolute Gasteiger partial charge is 0.309 e. The van der Waals surface area contributed by atoms with Gasteiger partial charge in [0, 0.05) is 0 Å². The lowest BCUT2D eigenvalue weighted by Crippen LogP contribution is -2.30. The molecule has 0 bridgehead atoms. The Morgan fingerprint density at radius 2 is 1.86 bits per heavy atom. The van der Waals surface area contributed by atoms with Crippen molar-refractivity contribution in [1.82, 2.24) is 0 Å². The molecule has 0 aromatic rings. The maximum Gasteiger partial charge on any atom is 0.309 e. The summed E-state index contributed by atoms with van der Waals surface area (Å²) in [4.78, 5) is 22.1. The van der Waals surface area contributed by atoms with Gasteiger partial charge in [0.25, 0.3) is 0 Å². The van der Waals surface area contributed by atoms with Crippen molar-refractivity contribution in [3.05, 3.63) is 0 Å². The Labute approximate surface area is 129 Å². The van der Waals surface area contributed by atoms with Crippen LogP contribution in [0.4, 0.5) is 0 Å². The lowest BCUT2D eigenvalue weighted by molar-refractivity contribution is -0.353. The predicted molar refractivity (Wildman–Crippen MR) is 82.9 cm³/mol. The molecule has 124 valence electrons. The molecule has 0 aromatic carbocycles. The summed E-state index contributed by atoms with van der Waals surface area (Å²) in [5.74, 6) is -0.533. The fourth-order valence-corrected chi connectivity index (χ4v) is 3.16. The maximum absolute atomic E-state index is 11.3. The third-order valence-corrected chi connectivity index (χ3v) is 4.51. The van der Waals surface area contributed by atoms with Gasteiger partial charge in [-0.2, -0.15) is 0 Å². The summed E-state index contributed by atoms with van der Waals surface area (Å²) >= 11 is 0. The molecule has 0 heterocycles. The maximum atomic E-state index is 11.3. The molecule has 3 atom stereocenters. The molecule has 0 aromatic heterocycles. The average Bonchev–Trinajstić information content (AvgIpc) is 2.46. The zero-order valence-corrected chi connectivity index (χ0v) is 13.8. The zero-order valence-electron chi connectivity index (χ0n) is 13.8. The lowest BCUT2D eigenvalue weighted by Gasteiger charge is -2.26. The highest BCUT2D eigenvalue weighted by Gasteiger charge is 2.26. The molecule has 0 amide bonds. The van der Waals surface area contributed by atoms with Crippen LogP contribution in [-0.2, 0) is 14.6 Å². The van der Waals surface area contributed by atoms with Crippen LogP contribution in [0.5, 0.6) is 0 Å². The van der Waals surface area contributed by atoms with Crippen molar-refractivity contribution in [2.24, 2.45) is 11.8 Å². The fraction of sp³-hybridized carbons (Fsp3) is 0.941. The van der Waals surface area contributed by atoms with Gasteiger partial charge in [0.1, 0.15) is 6.10 Å². The Morgan fingerprint density at radius 1 is 1.19 bits per heavy atom. The van der Waals surface area contributed by atoms with Gasteiger partial charge >= 0.3 is 5.97 Å². The molecule has 4 heteroatoms. The molecule has 4 nitrogen and oxygen atoms in total. The van der Waals surface area contributed by atoms with Crippen molar-refractivity contribution < 1.29 is 19.7 Å². The van der Waals surface area contributed by atoms with Crippen LogP contribution in [0.15, 0.2) is 0 Å². The molecule has 0 aliphatic heterocycles. The van der Waals surface area contributed by atoms with E-state index >= 15 is 0 Å². The highest BCUT2D eigenvalue weighted by Crippen LogP contribution is 2.28. The van der Waals surface area contributed by atoms with Crippen molar-refractivity contribution in [3.63, 3.8) is 0 Å². The van der Waals surface area contributed by atoms with Crippen molar-refractivity contribution in [1.29, 1.82) is 0 Å². The van der Waals surface area contributed by atoms with Crippen molar-refractivity contribution >= 4 is 5.97 Å². The Bertz CT molecular complexity index is 287. The second-order valence-corrected chi connectivity index (χ2v) is 6.53. The first kappa shape index (κ1) is 18.4. The highest BCUT2D eigenvalue weighted by molar-refractivity contribution is 5.70. The van der Waals surface area contributed by atoms with E-state index in [9.17, 15) is 9.90 Å². The topological polar surface area (TPSA) is 55.8 Å². The number of aliphatic carboxylic acids is 1. The number of carbonyl (C=O) groups is 1. The number of hydrogen-bond donors (Lipinski definition) is 1. The molecule has 21 heavy (non-hydrogen) atoms. The normalized spacial score (nSPS) is 20.9. The minimum absolute atomic E-state index is 0.0381. The summed E-state index contributed by atoms with van der Waals surface area (Å²) in [5, 5.41) is 9.26. The summed E-state index contributed by atoms with van der Waals surface area (Å²) in [6.45, 7) is 5.87. The van der Waals surface area contributed by atoms with Crippen LogP contribution in [0.25, 0.3) is 0 Å². The minimum atomic E-state index is -0.792. The molecule has 0 saturated heterocycles. The van der Waals surface area contributed by atoms with E-state index in [4.69, 9.17) is 9.78 Å². The highest BCUT2D eigenvalue weighted by atomic mass is 17.2. The van der Waals surface area contributed by atoms with Gasteiger partial charge in [0.2, 0.25) is 0 Å². The van der Waals surface area contributed by atoms with E-state index in [1.54, 1.807) is 6.92 Å². The molecule has 1 aliphatic rings. The third-order valence-electron chi connectivity index (χ3n) is 4.51. The van der Waals surface area contributed by atoms with Crippen LogP contribution < -0.4 is 0 Å². The van der Waals surface area contributed by atoms with Gasteiger partial charge in [-0.25, -0.2) is 9.78 Å². The summed E-state index contributed by atoms with van der Waals surface area (Å²) in [7, 11) is 0. The first-order valence-electron chi connectivity index (χ1n) is 8.59. The second kappa shape index (κ2) is 10.2. The van der Waals surface area contributed by atoms with E-state index in [0.29, 0.717) is 6.42 Å². The summed E-state index contributed by atoms with van der Waals surface area (Å²) in [6.07, 6.45) is 9.79. The molecule has 0 spiro atoms. The number of rotatable bonds is 10. The zero-order chi connectivity index (χ0) is 15.7. The number of hydrogen-bond acceptors (Lipinski definition) is 3. The van der Waals surface area contributed by atoms with E-state index in [-0.39, 0.29) is 6.10 Å². The molecule has 1 rings (SSSR count). The van der Waals surface area contributed by atoms with Crippen LogP contribution in [0, 0.1) is 11.8 Å². The SMILES string of the molecule is CCCCC(C(=O)O)C(C)OOC(C)CC1CCCCC1. The van der Waals surface area contributed by atoms with E-state index in [0.717, 1.165) is 25.2 Å². The first-order valence-corrected chi connectivity index (χ1v) is 8.59. The monoisotopic (exact) mass is 300 g/mol. The number of unbranched alkanes of at least 4 members (excludes halogenated alkanes) is 1. The van der Waals surface area contributed by atoms with Crippen LogP contribution in [0.3, 0.4) is 0 Å². The molecular weight excluding hydrogens is 268 g/mol. The van der Waals surface area contributed by atoms with Crippen molar-refractivity contribution in [3.8, 4) is 0 Å². The van der Waals surface area contributed by atoms with E-state index in [1.165, 1.54) is 32.1 Å². The molecule has 1 N–H and O–H groups in total. The second-order valence-electron chi connectivity index (χ2n) is 6.53. The molecule has 0 radical (unpaired) electrons. The lowest BCUT2D eigenvalue weighted by atomic mass is 9.86. The molecule has 1 fully saturated rings. The van der Waals surface area contributed by atoms with Crippen LogP contribution in [-0.4, -0.2) is 23.3 Å². The van der Waals surface area contributed by atoms with Crippen molar-refractivity contribution in [2.75, 3.05) is 0 Å². The Hall–Kier alpha value is -0.610. The van der Waals surface area contributed by atoms with Gasteiger partial charge < -0.3 is 5.11 Å². The summed E-state index contributed by atoms with van der Waals surface area (Å²) in [5.41, 5.74) is 0. The standard InChI is InChI=1S/C17H32O4/c1-4-5-11-16(17(18)19)14(3)21-20-13(2)12-15-9-7-6-8-10-15/h13-16H,4-12H2,1-3H3,(H,18,19). The van der Waals surface area contributed by atoms with E-state index in [2.05, 4.69) is 6.92 Å². The molecule has 3 unspecified atom stereocenters. The number of carboxylic acids is 1. The van der Waals surface area contributed by atoms with Gasteiger partial charge in [0.15, 0.2) is 0 Å². The van der Waals surface area contributed by atoms with E-state index in [1.807, 2.05) is 6.92 Å². The van der Waals surface area contributed by atoms with E-state index < -0.39 is 18.0 Å². The van der Waals surface area contributed by atoms with Gasteiger partial charge in [-0.15, -0.1) is 0 Å². The summed E-state index contributed by atoms with van der Waals surface area (Å²) in [6, 6.07) is 0. The van der Waals surface area contributed by atoms with Crippen molar-refractivity contribution in [2.45, 2.75) is 90.8 Å². The Kier molecular flexibility index (Phi) is 8.93. The minimum Gasteiger partial charge on any atom is -0.481 e. The van der Waals surface area contributed by atoms with Crippen LogP contribution in [0.2, 0.25) is 0 Å². The number of carboxylic acid groups (broad SMARTS) is 1. The first-order chi connectivity index (χ1) is 10.0. The van der Waals surface area contributed by atoms with Gasteiger partial charge in [-0.05, 0) is 32.6 Å². The molecular formula is C17H32O4. The van der Waals surface area contributed by atoms with Crippen LogP contribution >= 0.6 is 0 Å². The van der Waals surface area contributed by atoms with Gasteiger partial charge in [0.05, 0.1) is 12.0 Å². The van der Waals surface area contributed by atoms with Crippen LogP contribution in [0.1, 0.15) is 78.6 Å². The quantitative estimate of drug-likeness (QED) is 0.474. The predicted octanol–water partition coefficient (Wildman–Crippen LogP) is 4.57. The summed E-state index contributed by atoms with van der Waals surface area (Å²) < 4.78 is 0.